The number of nitro groups is 1. The molecule has 2 aromatic rings. The number of amides is 2. The lowest BCUT2D eigenvalue weighted by Gasteiger charge is -2.17. The van der Waals surface area contributed by atoms with E-state index < -0.39 is 28.8 Å². The molecule has 0 aromatic heterocycles. The minimum absolute atomic E-state index is 0.142. The van der Waals surface area contributed by atoms with Crippen LogP contribution in [0.5, 0.6) is 0 Å². The van der Waals surface area contributed by atoms with Gasteiger partial charge in [-0.15, -0.1) is 0 Å². The van der Waals surface area contributed by atoms with Gasteiger partial charge >= 0.3 is 0 Å². The Labute approximate surface area is 168 Å². The normalized spacial score (nSPS) is 20.8. The minimum Gasteiger partial charge on any atom is -0.381 e. The van der Waals surface area contributed by atoms with Gasteiger partial charge < -0.3 is 4.84 Å². The number of anilines is 1. The quantitative estimate of drug-likeness (QED) is 0.430. The lowest BCUT2D eigenvalue weighted by molar-refractivity contribution is -0.384. The van der Waals surface area contributed by atoms with E-state index in [1.807, 2.05) is 0 Å². The Morgan fingerprint density at radius 1 is 1.14 bits per heavy atom. The standard InChI is InChI=1S/C18H11Cl2N3O5/c1-8-2-4-10(23(26)27)7-13(8)22-17(24)14-15(21-28-16(14)18(22)25)11-5-3-9(19)6-12(11)20/h2-7,14,16H,1H3/t14-,16-/m0/s1. The number of halogens is 2. The maximum Gasteiger partial charge on any atom is 0.278 e. The number of benzene rings is 2. The van der Waals surface area contributed by atoms with Gasteiger partial charge in [0.25, 0.3) is 11.6 Å². The van der Waals surface area contributed by atoms with E-state index in [4.69, 9.17) is 28.0 Å². The summed E-state index contributed by atoms with van der Waals surface area (Å²) in [6.45, 7) is 1.65. The first kappa shape index (κ1) is 18.4. The van der Waals surface area contributed by atoms with Gasteiger partial charge in [0.05, 0.1) is 15.6 Å². The molecule has 0 N–H and O–H groups in total. The molecule has 2 heterocycles. The van der Waals surface area contributed by atoms with Crippen LogP contribution in [0.25, 0.3) is 0 Å². The van der Waals surface area contributed by atoms with Crippen LogP contribution in [-0.2, 0) is 14.4 Å². The van der Waals surface area contributed by atoms with E-state index in [1.165, 1.54) is 24.3 Å². The second-order valence-corrected chi connectivity index (χ2v) is 7.19. The number of hydrogen-bond donors (Lipinski definition) is 0. The predicted molar refractivity (Wildman–Crippen MR) is 102 cm³/mol. The van der Waals surface area contributed by atoms with E-state index in [1.54, 1.807) is 19.1 Å². The molecule has 2 aliphatic heterocycles. The zero-order valence-electron chi connectivity index (χ0n) is 14.3. The van der Waals surface area contributed by atoms with Crippen LogP contribution in [0.4, 0.5) is 11.4 Å². The number of nitro benzene ring substituents is 1. The van der Waals surface area contributed by atoms with Gasteiger partial charge in [0, 0.05) is 22.7 Å². The molecule has 0 bridgehead atoms. The Morgan fingerprint density at radius 3 is 2.57 bits per heavy atom. The van der Waals surface area contributed by atoms with Gasteiger partial charge in [-0.2, -0.15) is 0 Å². The molecule has 4 rings (SSSR count). The molecule has 1 saturated heterocycles. The number of carbonyl (C=O) groups is 2. The highest BCUT2D eigenvalue weighted by molar-refractivity contribution is 6.39. The van der Waals surface area contributed by atoms with Gasteiger partial charge in [0.15, 0.2) is 0 Å². The van der Waals surface area contributed by atoms with Crippen molar-refractivity contribution in [3.63, 3.8) is 0 Å². The third-order valence-corrected chi connectivity index (χ3v) is 5.21. The molecule has 28 heavy (non-hydrogen) atoms. The maximum atomic E-state index is 13.1. The van der Waals surface area contributed by atoms with Crippen molar-refractivity contribution >= 4 is 52.1 Å². The smallest absolute Gasteiger partial charge is 0.278 e. The van der Waals surface area contributed by atoms with Gasteiger partial charge in [-0.3, -0.25) is 19.7 Å². The van der Waals surface area contributed by atoms with Crippen LogP contribution in [-0.4, -0.2) is 28.6 Å². The highest BCUT2D eigenvalue weighted by Crippen LogP contribution is 2.38. The summed E-state index contributed by atoms with van der Waals surface area (Å²) in [5.41, 5.74) is 1.10. The van der Waals surface area contributed by atoms with Gasteiger partial charge in [-0.05, 0) is 24.6 Å². The SMILES string of the molecule is Cc1ccc([N+](=O)[O-])cc1N1C(=O)[C@H]2C(c3ccc(Cl)cc3Cl)=NO[C@@H]2C1=O. The summed E-state index contributed by atoms with van der Waals surface area (Å²) in [6.07, 6.45) is -1.15. The molecule has 2 aromatic carbocycles. The van der Waals surface area contributed by atoms with E-state index in [9.17, 15) is 19.7 Å². The molecular formula is C18H11Cl2N3O5. The molecule has 2 aliphatic rings. The number of non-ortho nitro benzene ring substituents is 1. The Kier molecular flexibility index (Phi) is 4.32. The third-order valence-electron chi connectivity index (χ3n) is 4.66. The lowest BCUT2D eigenvalue weighted by atomic mass is 9.94. The van der Waals surface area contributed by atoms with Crippen molar-refractivity contribution in [2.75, 3.05) is 4.90 Å². The van der Waals surface area contributed by atoms with Crippen LogP contribution in [0.3, 0.4) is 0 Å². The number of fused-ring (bicyclic) bond motifs is 1. The monoisotopic (exact) mass is 419 g/mol. The molecule has 1 fully saturated rings. The van der Waals surface area contributed by atoms with Crippen molar-refractivity contribution in [3.05, 3.63) is 67.7 Å². The average Bonchev–Trinajstić information content (AvgIpc) is 3.16. The number of rotatable bonds is 3. The minimum atomic E-state index is -1.15. The van der Waals surface area contributed by atoms with Gasteiger partial charge in [0.1, 0.15) is 11.6 Å². The van der Waals surface area contributed by atoms with Gasteiger partial charge in [0.2, 0.25) is 12.0 Å². The van der Waals surface area contributed by atoms with Crippen molar-refractivity contribution in [1.82, 2.24) is 0 Å². The number of hydrogen-bond acceptors (Lipinski definition) is 6. The van der Waals surface area contributed by atoms with Crippen LogP contribution in [0.2, 0.25) is 10.0 Å². The molecule has 0 aliphatic carbocycles. The highest BCUT2D eigenvalue weighted by Gasteiger charge is 2.56. The predicted octanol–water partition coefficient (Wildman–Crippen LogP) is 3.50. The summed E-state index contributed by atoms with van der Waals surface area (Å²) in [5, 5.41) is 15.7. The number of nitrogens with zero attached hydrogens (tertiary/aromatic N) is 3. The average molecular weight is 420 g/mol. The van der Waals surface area contributed by atoms with E-state index in [2.05, 4.69) is 5.16 Å². The fourth-order valence-corrected chi connectivity index (χ4v) is 3.79. The molecule has 0 spiro atoms. The second-order valence-electron chi connectivity index (χ2n) is 6.34. The molecule has 0 radical (unpaired) electrons. The number of aryl methyl sites for hydroxylation is 1. The van der Waals surface area contributed by atoms with Gasteiger partial charge in [-0.25, -0.2) is 4.90 Å². The van der Waals surface area contributed by atoms with Crippen molar-refractivity contribution in [2.45, 2.75) is 13.0 Å². The van der Waals surface area contributed by atoms with Crippen LogP contribution in [0, 0.1) is 23.0 Å². The third kappa shape index (κ3) is 2.73. The van der Waals surface area contributed by atoms with Crippen LogP contribution in [0.1, 0.15) is 11.1 Å². The summed E-state index contributed by atoms with van der Waals surface area (Å²) < 4.78 is 0. The van der Waals surface area contributed by atoms with Crippen molar-refractivity contribution in [3.8, 4) is 0 Å². The largest absolute Gasteiger partial charge is 0.381 e. The Balaban J connectivity index is 1.75. The van der Waals surface area contributed by atoms with Crippen LogP contribution < -0.4 is 4.90 Å². The zero-order chi connectivity index (χ0) is 20.2. The van der Waals surface area contributed by atoms with E-state index >= 15 is 0 Å². The lowest BCUT2D eigenvalue weighted by Crippen LogP contribution is -2.33. The number of carbonyl (C=O) groups excluding carboxylic acids is 2. The second kappa shape index (κ2) is 6.57. The van der Waals surface area contributed by atoms with Crippen molar-refractivity contribution in [1.29, 1.82) is 0 Å². The van der Waals surface area contributed by atoms with Crippen LogP contribution >= 0.6 is 23.2 Å². The number of oxime groups is 1. The van der Waals surface area contributed by atoms with E-state index in [0.29, 0.717) is 16.1 Å². The summed E-state index contributed by atoms with van der Waals surface area (Å²) in [6, 6.07) is 8.66. The topological polar surface area (TPSA) is 102 Å². The summed E-state index contributed by atoms with van der Waals surface area (Å²) in [5.74, 6) is -2.21. The first-order valence-electron chi connectivity index (χ1n) is 8.11. The first-order valence-corrected chi connectivity index (χ1v) is 8.87. The van der Waals surface area contributed by atoms with Crippen molar-refractivity contribution < 1.29 is 19.3 Å². The molecule has 142 valence electrons. The molecule has 2 atom stereocenters. The Hall–Kier alpha value is -2.97. The fourth-order valence-electron chi connectivity index (χ4n) is 3.29. The van der Waals surface area contributed by atoms with E-state index in [-0.39, 0.29) is 22.1 Å². The molecular weight excluding hydrogens is 409 g/mol. The molecule has 10 heteroatoms. The summed E-state index contributed by atoms with van der Waals surface area (Å²) in [7, 11) is 0. The number of imide groups is 1. The maximum absolute atomic E-state index is 13.1. The Morgan fingerprint density at radius 2 is 1.89 bits per heavy atom. The zero-order valence-corrected chi connectivity index (χ0v) is 15.8. The molecule has 2 amide bonds. The first-order chi connectivity index (χ1) is 13.3. The van der Waals surface area contributed by atoms with Gasteiger partial charge in [-0.1, -0.05) is 40.5 Å². The van der Waals surface area contributed by atoms with E-state index in [0.717, 1.165) is 4.90 Å². The highest BCUT2D eigenvalue weighted by atomic mass is 35.5. The Bertz CT molecular complexity index is 1080. The summed E-state index contributed by atoms with van der Waals surface area (Å²) >= 11 is 12.1. The summed E-state index contributed by atoms with van der Waals surface area (Å²) in [4.78, 5) is 42.6. The fraction of sp³-hybridized carbons (Fsp3) is 0.167. The van der Waals surface area contributed by atoms with Crippen molar-refractivity contribution in [2.24, 2.45) is 11.1 Å². The molecule has 0 unspecified atom stereocenters. The molecule has 8 nitrogen and oxygen atoms in total. The molecule has 0 saturated carbocycles. The van der Waals surface area contributed by atoms with Crippen LogP contribution in [0.15, 0.2) is 41.6 Å².